The number of pyridine rings is 1. The van der Waals surface area contributed by atoms with Crippen molar-refractivity contribution in [2.24, 2.45) is 10.9 Å². The molecule has 5 heteroatoms. The van der Waals surface area contributed by atoms with Crippen LogP contribution in [-0.2, 0) is 6.42 Å². The Bertz CT molecular complexity index is 570. The van der Waals surface area contributed by atoms with Crippen molar-refractivity contribution < 1.29 is 9.94 Å². The van der Waals surface area contributed by atoms with Gasteiger partial charge >= 0.3 is 0 Å². The van der Waals surface area contributed by atoms with Crippen molar-refractivity contribution in [3.8, 4) is 5.88 Å². The summed E-state index contributed by atoms with van der Waals surface area (Å²) >= 11 is 0. The van der Waals surface area contributed by atoms with E-state index in [-0.39, 0.29) is 5.84 Å². The van der Waals surface area contributed by atoms with Crippen molar-refractivity contribution in [2.75, 3.05) is 6.61 Å². The van der Waals surface area contributed by atoms with E-state index in [1.54, 1.807) is 18.3 Å². The zero-order valence-corrected chi connectivity index (χ0v) is 11.1. The quantitative estimate of drug-likeness (QED) is 0.277. The molecule has 2 aromatic rings. The van der Waals surface area contributed by atoms with E-state index in [1.807, 2.05) is 18.2 Å². The molecular formula is C15H17N3O2. The molecule has 3 N–H and O–H groups in total. The number of hydrogen-bond acceptors (Lipinski definition) is 4. The lowest BCUT2D eigenvalue weighted by Crippen LogP contribution is -2.16. The second-order valence-corrected chi connectivity index (χ2v) is 4.28. The van der Waals surface area contributed by atoms with E-state index in [2.05, 4.69) is 22.3 Å². The molecule has 20 heavy (non-hydrogen) atoms. The van der Waals surface area contributed by atoms with Crippen LogP contribution in [-0.4, -0.2) is 22.6 Å². The highest BCUT2D eigenvalue weighted by atomic mass is 16.5. The topological polar surface area (TPSA) is 80.7 Å². The third-order valence-electron chi connectivity index (χ3n) is 2.85. The highest BCUT2D eigenvalue weighted by molar-refractivity contribution is 5.98. The number of amidine groups is 1. The number of nitrogens with zero attached hydrogens (tertiary/aromatic N) is 2. The standard InChI is InChI=1S/C15H17N3O2/c16-14(18-19)13-9-4-10-17-15(13)20-11-5-8-12-6-2-1-3-7-12/h1-4,6-7,9-10,19H,5,8,11H2,(H2,16,18). The number of aromatic nitrogens is 1. The molecule has 0 atom stereocenters. The molecule has 0 unspecified atom stereocenters. The van der Waals surface area contributed by atoms with E-state index < -0.39 is 0 Å². The van der Waals surface area contributed by atoms with Crippen LogP contribution in [0.4, 0.5) is 0 Å². The lowest BCUT2D eigenvalue weighted by molar-refractivity contribution is 0.297. The van der Waals surface area contributed by atoms with Gasteiger partial charge in [0.25, 0.3) is 0 Å². The van der Waals surface area contributed by atoms with Crippen LogP contribution in [0, 0.1) is 0 Å². The van der Waals surface area contributed by atoms with Gasteiger partial charge in [0.05, 0.1) is 12.2 Å². The predicted octanol–water partition coefficient (Wildman–Crippen LogP) is 2.19. The fourth-order valence-electron chi connectivity index (χ4n) is 1.84. The molecule has 0 amide bonds. The Kier molecular flexibility index (Phi) is 4.94. The molecule has 2 rings (SSSR count). The SMILES string of the molecule is NC(=NO)c1cccnc1OCCCc1ccccc1. The Balaban J connectivity index is 1.88. The van der Waals surface area contributed by atoms with E-state index in [4.69, 9.17) is 15.7 Å². The number of ether oxygens (including phenoxy) is 1. The van der Waals surface area contributed by atoms with Gasteiger partial charge in [0.2, 0.25) is 5.88 Å². The molecule has 1 aromatic carbocycles. The fourth-order valence-corrected chi connectivity index (χ4v) is 1.84. The van der Waals surface area contributed by atoms with Gasteiger partial charge < -0.3 is 15.7 Å². The van der Waals surface area contributed by atoms with Crippen molar-refractivity contribution in [2.45, 2.75) is 12.8 Å². The first kappa shape index (κ1) is 13.9. The lowest BCUT2D eigenvalue weighted by atomic mass is 10.1. The van der Waals surface area contributed by atoms with Gasteiger partial charge in [-0.25, -0.2) is 4.98 Å². The molecule has 104 valence electrons. The number of nitrogens with two attached hydrogens (primary N) is 1. The summed E-state index contributed by atoms with van der Waals surface area (Å²) in [6, 6.07) is 13.6. The van der Waals surface area contributed by atoms with Gasteiger partial charge in [0.15, 0.2) is 5.84 Å². The average molecular weight is 271 g/mol. The van der Waals surface area contributed by atoms with Crippen molar-refractivity contribution in [3.63, 3.8) is 0 Å². The summed E-state index contributed by atoms with van der Waals surface area (Å²) in [5.41, 5.74) is 7.34. The Labute approximate surface area is 117 Å². The van der Waals surface area contributed by atoms with E-state index in [0.29, 0.717) is 18.1 Å². The number of oxime groups is 1. The van der Waals surface area contributed by atoms with Gasteiger partial charge in [-0.15, -0.1) is 0 Å². The van der Waals surface area contributed by atoms with Crippen molar-refractivity contribution in [3.05, 3.63) is 59.8 Å². The first-order valence-corrected chi connectivity index (χ1v) is 6.41. The normalized spacial score (nSPS) is 11.3. The van der Waals surface area contributed by atoms with Crippen LogP contribution in [0.15, 0.2) is 53.8 Å². The van der Waals surface area contributed by atoms with E-state index in [0.717, 1.165) is 12.8 Å². The minimum absolute atomic E-state index is 0.00356. The molecule has 0 bridgehead atoms. The summed E-state index contributed by atoms with van der Waals surface area (Å²) in [6.45, 7) is 0.525. The molecule has 0 aliphatic heterocycles. The molecule has 0 saturated carbocycles. The lowest BCUT2D eigenvalue weighted by Gasteiger charge is -2.09. The maximum atomic E-state index is 8.71. The average Bonchev–Trinajstić information content (AvgIpc) is 2.52. The van der Waals surface area contributed by atoms with E-state index in [9.17, 15) is 0 Å². The van der Waals surface area contributed by atoms with Crippen LogP contribution in [0.3, 0.4) is 0 Å². The summed E-state index contributed by atoms with van der Waals surface area (Å²) in [4.78, 5) is 4.10. The minimum atomic E-state index is -0.00356. The summed E-state index contributed by atoms with van der Waals surface area (Å²) in [5, 5.41) is 11.7. The molecule has 0 spiro atoms. The second-order valence-electron chi connectivity index (χ2n) is 4.28. The van der Waals surface area contributed by atoms with Crippen LogP contribution in [0.1, 0.15) is 17.5 Å². The Hall–Kier alpha value is -2.56. The number of aryl methyl sites for hydroxylation is 1. The maximum absolute atomic E-state index is 8.71. The zero-order chi connectivity index (χ0) is 14.2. The Morgan fingerprint density at radius 3 is 2.75 bits per heavy atom. The maximum Gasteiger partial charge on any atom is 0.224 e. The molecule has 0 fully saturated rings. The van der Waals surface area contributed by atoms with Crippen LogP contribution in [0.25, 0.3) is 0 Å². The molecule has 1 heterocycles. The molecular weight excluding hydrogens is 254 g/mol. The molecule has 5 nitrogen and oxygen atoms in total. The summed E-state index contributed by atoms with van der Waals surface area (Å²) < 4.78 is 5.60. The highest BCUT2D eigenvalue weighted by Gasteiger charge is 2.08. The monoisotopic (exact) mass is 271 g/mol. The number of hydrogen-bond donors (Lipinski definition) is 2. The van der Waals surface area contributed by atoms with Gasteiger partial charge in [-0.2, -0.15) is 0 Å². The molecule has 1 aromatic heterocycles. The summed E-state index contributed by atoms with van der Waals surface area (Å²) in [7, 11) is 0. The number of rotatable bonds is 6. The van der Waals surface area contributed by atoms with Gasteiger partial charge in [-0.1, -0.05) is 35.5 Å². The zero-order valence-electron chi connectivity index (χ0n) is 11.1. The van der Waals surface area contributed by atoms with Gasteiger partial charge in [-0.05, 0) is 30.5 Å². The Morgan fingerprint density at radius 2 is 2.00 bits per heavy atom. The van der Waals surface area contributed by atoms with E-state index >= 15 is 0 Å². The first-order chi connectivity index (χ1) is 9.81. The minimum Gasteiger partial charge on any atom is -0.477 e. The molecule has 0 aliphatic carbocycles. The molecule has 0 radical (unpaired) electrons. The van der Waals surface area contributed by atoms with Crippen LogP contribution in [0.5, 0.6) is 5.88 Å². The van der Waals surface area contributed by atoms with E-state index in [1.165, 1.54) is 5.56 Å². The molecule has 0 saturated heterocycles. The van der Waals surface area contributed by atoms with Gasteiger partial charge in [0.1, 0.15) is 0 Å². The third-order valence-corrected chi connectivity index (χ3v) is 2.85. The van der Waals surface area contributed by atoms with Crippen LogP contribution < -0.4 is 10.5 Å². The molecule has 0 aliphatic rings. The predicted molar refractivity (Wildman–Crippen MR) is 77.0 cm³/mol. The van der Waals surface area contributed by atoms with Crippen molar-refractivity contribution in [1.29, 1.82) is 0 Å². The largest absolute Gasteiger partial charge is 0.477 e. The van der Waals surface area contributed by atoms with Gasteiger partial charge in [-0.3, -0.25) is 0 Å². The smallest absolute Gasteiger partial charge is 0.224 e. The third kappa shape index (κ3) is 3.71. The highest BCUT2D eigenvalue weighted by Crippen LogP contribution is 2.14. The van der Waals surface area contributed by atoms with Crippen molar-refractivity contribution >= 4 is 5.84 Å². The second kappa shape index (κ2) is 7.13. The summed E-state index contributed by atoms with van der Waals surface area (Å²) in [5.74, 6) is 0.382. The van der Waals surface area contributed by atoms with Crippen LogP contribution >= 0.6 is 0 Å². The fraction of sp³-hybridized carbons (Fsp3) is 0.200. The van der Waals surface area contributed by atoms with Crippen LogP contribution in [0.2, 0.25) is 0 Å². The Morgan fingerprint density at radius 1 is 1.20 bits per heavy atom. The number of benzene rings is 1. The summed E-state index contributed by atoms with van der Waals surface area (Å²) in [6.07, 6.45) is 3.42. The first-order valence-electron chi connectivity index (χ1n) is 6.41. The van der Waals surface area contributed by atoms with Crippen molar-refractivity contribution in [1.82, 2.24) is 4.98 Å². The van der Waals surface area contributed by atoms with Gasteiger partial charge in [0, 0.05) is 6.20 Å².